The maximum atomic E-state index is 9.36. The summed E-state index contributed by atoms with van der Waals surface area (Å²) in [5.74, 6) is 1.31. The molecule has 0 aliphatic carbocycles. The molecule has 0 N–H and O–H groups in total. The quantitative estimate of drug-likeness (QED) is 0.483. The van der Waals surface area contributed by atoms with Crippen LogP contribution in [0.25, 0.3) is 28.2 Å². The zero-order chi connectivity index (χ0) is 21.3. The van der Waals surface area contributed by atoms with E-state index in [2.05, 4.69) is 41.8 Å². The first kappa shape index (κ1) is 19.8. The molecule has 0 aromatic carbocycles. The highest BCUT2D eigenvalue weighted by Crippen LogP contribution is 2.33. The highest BCUT2D eigenvalue weighted by Gasteiger charge is 2.19. The highest BCUT2D eigenvalue weighted by molar-refractivity contribution is 5.79. The van der Waals surface area contributed by atoms with Gasteiger partial charge in [-0.15, -0.1) is 0 Å². The fourth-order valence-corrected chi connectivity index (χ4v) is 3.31. The maximum absolute atomic E-state index is 9.36. The van der Waals surface area contributed by atoms with Gasteiger partial charge in [0.2, 0.25) is 0 Å². The summed E-state index contributed by atoms with van der Waals surface area (Å²) in [6.45, 7) is 6.87. The van der Waals surface area contributed by atoms with Crippen molar-refractivity contribution in [2.45, 2.75) is 33.8 Å². The lowest BCUT2D eigenvalue weighted by Gasteiger charge is -2.14. The van der Waals surface area contributed by atoms with Gasteiger partial charge in [0.15, 0.2) is 11.7 Å². The minimum atomic E-state index is 0.0689. The van der Waals surface area contributed by atoms with Gasteiger partial charge in [0.05, 0.1) is 24.2 Å². The van der Waals surface area contributed by atoms with Gasteiger partial charge in [-0.2, -0.15) is 5.26 Å². The van der Waals surface area contributed by atoms with Gasteiger partial charge in [0, 0.05) is 37.1 Å². The van der Waals surface area contributed by atoms with E-state index in [0.717, 1.165) is 28.9 Å². The largest absolute Gasteiger partial charge is 0.441 e. The van der Waals surface area contributed by atoms with Crippen LogP contribution in [0, 0.1) is 16.7 Å². The van der Waals surface area contributed by atoms with Crippen LogP contribution in [0.5, 0.6) is 0 Å². The molecule has 0 unspecified atom stereocenters. The van der Waals surface area contributed by atoms with Gasteiger partial charge in [-0.1, -0.05) is 20.8 Å². The van der Waals surface area contributed by atoms with Gasteiger partial charge in [-0.05, 0) is 29.7 Å². The average Bonchev–Trinajstić information content (AvgIpc) is 3.32. The van der Waals surface area contributed by atoms with Crippen molar-refractivity contribution in [3.05, 3.63) is 60.1 Å². The van der Waals surface area contributed by atoms with Gasteiger partial charge >= 0.3 is 0 Å². The molecule has 0 saturated heterocycles. The third-order valence-corrected chi connectivity index (χ3v) is 4.59. The molecular formula is C23H23N5O2. The highest BCUT2D eigenvalue weighted by atomic mass is 16.5. The number of rotatable bonds is 5. The molecule has 152 valence electrons. The van der Waals surface area contributed by atoms with E-state index < -0.39 is 0 Å². The Morgan fingerprint density at radius 1 is 1.20 bits per heavy atom. The Bertz CT molecular complexity index is 1240. The molecule has 0 bridgehead atoms. The average molecular weight is 401 g/mol. The molecule has 0 spiro atoms. The predicted octanol–water partition coefficient (Wildman–Crippen LogP) is 4.66. The lowest BCUT2D eigenvalue weighted by Crippen LogP contribution is -2.09. The molecule has 7 heteroatoms. The zero-order valence-electron chi connectivity index (χ0n) is 17.5. The normalized spacial score (nSPS) is 11.7. The molecule has 0 amide bonds. The van der Waals surface area contributed by atoms with Crippen LogP contribution in [-0.4, -0.2) is 26.5 Å². The maximum Gasteiger partial charge on any atom is 0.195 e. The first-order valence-corrected chi connectivity index (χ1v) is 9.69. The number of hydrogen-bond acceptors (Lipinski definition) is 6. The van der Waals surface area contributed by atoms with Crippen molar-refractivity contribution in [2.75, 3.05) is 7.11 Å². The second kappa shape index (κ2) is 7.73. The zero-order valence-corrected chi connectivity index (χ0v) is 17.5. The standard InChI is InChI=1S/C23H23N5O2/c1-23(2,3)10-21-25-12-19(30-21)18-6-5-16(11-24)27-22(18)15-7-8-28-13-17(14-29-4)26-20(28)9-15/h5-9,12-13H,10,14H2,1-4H3. The number of methoxy groups -OCH3 is 1. The van der Waals surface area contributed by atoms with Gasteiger partial charge in [0.25, 0.3) is 0 Å². The lowest BCUT2D eigenvalue weighted by atomic mass is 9.92. The third kappa shape index (κ3) is 4.09. The van der Waals surface area contributed by atoms with Crippen molar-refractivity contribution in [1.82, 2.24) is 19.4 Å². The van der Waals surface area contributed by atoms with Gasteiger partial charge in [0.1, 0.15) is 17.4 Å². The minimum Gasteiger partial charge on any atom is -0.441 e. The molecule has 7 nitrogen and oxygen atoms in total. The summed E-state index contributed by atoms with van der Waals surface area (Å²) in [5, 5.41) is 9.36. The summed E-state index contributed by atoms with van der Waals surface area (Å²) < 4.78 is 13.1. The number of imidazole rings is 1. The van der Waals surface area contributed by atoms with Crippen LogP contribution in [0.3, 0.4) is 0 Å². The fourth-order valence-electron chi connectivity index (χ4n) is 3.31. The Balaban J connectivity index is 1.80. The monoisotopic (exact) mass is 401 g/mol. The summed E-state index contributed by atoms with van der Waals surface area (Å²) in [6.07, 6.45) is 6.30. The summed E-state index contributed by atoms with van der Waals surface area (Å²) in [5.41, 5.74) is 4.32. The molecule has 0 fully saturated rings. The van der Waals surface area contributed by atoms with Gasteiger partial charge < -0.3 is 13.6 Å². The topological polar surface area (TPSA) is 89.2 Å². The van der Waals surface area contributed by atoms with E-state index in [9.17, 15) is 5.26 Å². The second-order valence-electron chi connectivity index (χ2n) is 8.41. The molecule has 0 saturated carbocycles. The van der Waals surface area contributed by atoms with Crippen molar-refractivity contribution in [1.29, 1.82) is 5.26 Å². The molecule has 0 aliphatic heterocycles. The number of fused-ring (bicyclic) bond motifs is 1. The lowest BCUT2D eigenvalue weighted by molar-refractivity contribution is 0.182. The Labute approximate surface area is 175 Å². The molecular weight excluding hydrogens is 378 g/mol. The van der Waals surface area contributed by atoms with Crippen molar-refractivity contribution < 1.29 is 9.15 Å². The number of nitriles is 1. The van der Waals surface area contributed by atoms with E-state index >= 15 is 0 Å². The van der Waals surface area contributed by atoms with E-state index in [-0.39, 0.29) is 5.41 Å². The van der Waals surface area contributed by atoms with E-state index in [0.29, 0.717) is 29.6 Å². The molecule has 4 aromatic heterocycles. The van der Waals surface area contributed by atoms with Gasteiger partial charge in [-0.25, -0.2) is 15.0 Å². The van der Waals surface area contributed by atoms with E-state index in [4.69, 9.17) is 9.15 Å². The first-order valence-electron chi connectivity index (χ1n) is 9.69. The minimum absolute atomic E-state index is 0.0689. The van der Waals surface area contributed by atoms with Crippen LogP contribution in [0.15, 0.2) is 47.3 Å². The van der Waals surface area contributed by atoms with Crippen LogP contribution in [0.2, 0.25) is 0 Å². The van der Waals surface area contributed by atoms with Crippen LogP contribution in [-0.2, 0) is 17.8 Å². The number of ether oxygens (including phenoxy) is 1. The predicted molar refractivity (Wildman–Crippen MR) is 113 cm³/mol. The number of oxazole rings is 1. The summed E-state index contributed by atoms with van der Waals surface area (Å²) in [4.78, 5) is 13.6. The SMILES string of the molecule is COCc1cn2ccc(-c3nc(C#N)ccc3-c3cnc(CC(C)(C)C)o3)cc2n1. The van der Waals surface area contributed by atoms with Crippen LogP contribution in [0.1, 0.15) is 38.0 Å². The second-order valence-corrected chi connectivity index (χ2v) is 8.41. The fraction of sp³-hybridized carbons (Fsp3) is 0.304. The summed E-state index contributed by atoms with van der Waals surface area (Å²) in [7, 11) is 1.64. The molecule has 4 aromatic rings. The van der Waals surface area contributed by atoms with E-state index in [1.54, 1.807) is 19.4 Å². The molecule has 4 rings (SSSR count). The van der Waals surface area contributed by atoms with Crippen LogP contribution >= 0.6 is 0 Å². The number of pyridine rings is 2. The van der Waals surface area contributed by atoms with Crippen LogP contribution in [0.4, 0.5) is 0 Å². The van der Waals surface area contributed by atoms with Crippen molar-refractivity contribution in [3.8, 4) is 28.7 Å². The number of hydrogen-bond donors (Lipinski definition) is 0. The number of nitrogens with zero attached hydrogens (tertiary/aromatic N) is 5. The summed E-state index contributed by atoms with van der Waals surface area (Å²) >= 11 is 0. The number of aromatic nitrogens is 4. The molecule has 0 radical (unpaired) electrons. The molecule has 0 aliphatic rings. The smallest absolute Gasteiger partial charge is 0.195 e. The van der Waals surface area contributed by atoms with Crippen molar-refractivity contribution in [3.63, 3.8) is 0 Å². The van der Waals surface area contributed by atoms with Gasteiger partial charge in [-0.3, -0.25) is 0 Å². The third-order valence-electron chi connectivity index (χ3n) is 4.59. The van der Waals surface area contributed by atoms with Crippen LogP contribution < -0.4 is 0 Å². The van der Waals surface area contributed by atoms with E-state index in [1.165, 1.54) is 0 Å². The van der Waals surface area contributed by atoms with E-state index in [1.807, 2.05) is 35.0 Å². The Kier molecular flexibility index (Phi) is 5.10. The first-order chi connectivity index (χ1) is 14.4. The van der Waals surface area contributed by atoms with Crippen molar-refractivity contribution in [2.24, 2.45) is 5.41 Å². The molecule has 4 heterocycles. The molecule has 30 heavy (non-hydrogen) atoms. The Morgan fingerprint density at radius 2 is 2.03 bits per heavy atom. The van der Waals surface area contributed by atoms with Crippen molar-refractivity contribution >= 4 is 5.65 Å². The Morgan fingerprint density at radius 3 is 2.77 bits per heavy atom. The Hall–Kier alpha value is -3.50. The summed E-state index contributed by atoms with van der Waals surface area (Å²) in [6, 6.07) is 9.55. The molecule has 0 atom stereocenters.